The Hall–Kier alpha value is -0.870. The molecule has 1 N–H and O–H groups in total. The van der Waals surface area contributed by atoms with Crippen molar-refractivity contribution in [2.45, 2.75) is 20.0 Å². The van der Waals surface area contributed by atoms with Crippen LogP contribution >= 0.6 is 0 Å². The molecule has 0 saturated heterocycles. The van der Waals surface area contributed by atoms with Crippen molar-refractivity contribution < 1.29 is 14.6 Å². The molecular weight excluding hydrogens is 182 g/mol. The monoisotopic (exact) mass is 201 g/mol. The van der Waals surface area contributed by atoms with Crippen LogP contribution in [0.2, 0.25) is 0 Å². The first-order chi connectivity index (χ1) is 6.47. The van der Waals surface area contributed by atoms with Crippen molar-refractivity contribution in [3.8, 4) is 0 Å². The molecule has 0 bridgehead atoms. The average Bonchev–Trinajstić information content (AvgIpc) is 2.02. The van der Waals surface area contributed by atoms with E-state index < -0.39 is 6.10 Å². The summed E-state index contributed by atoms with van der Waals surface area (Å²) in [5, 5.41) is 9.36. The molecule has 0 rings (SSSR count). The Kier molecular flexibility index (Phi) is 6.16. The number of nitrogens with zero attached hydrogens (tertiary/aromatic N) is 1. The Labute approximate surface area is 85.2 Å². The number of rotatable bonds is 5. The topological polar surface area (TPSA) is 49.8 Å². The number of hydrogen-bond donors (Lipinski definition) is 1. The molecule has 4 nitrogen and oxygen atoms in total. The second-order valence-corrected chi connectivity index (χ2v) is 3.55. The lowest BCUT2D eigenvalue weighted by atomic mass is 10.3. The van der Waals surface area contributed by atoms with E-state index in [1.165, 1.54) is 12.0 Å². The maximum absolute atomic E-state index is 11.4. The molecule has 4 heteroatoms. The van der Waals surface area contributed by atoms with Crippen molar-refractivity contribution in [3.05, 3.63) is 11.6 Å². The van der Waals surface area contributed by atoms with Crippen LogP contribution in [0.4, 0.5) is 0 Å². The molecule has 0 heterocycles. The SMILES string of the molecule is COCC(O)CN(C)C(=O)C=C(C)C. The molecule has 1 atom stereocenters. The minimum absolute atomic E-state index is 0.0971. The molecule has 0 aromatic heterocycles. The lowest BCUT2D eigenvalue weighted by molar-refractivity contribution is -0.126. The molecular formula is C10H19NO3. The van der Waals surface area contributed by atoms with E-state index in [4.69, 9.17) is 4.74 Å². The van der Waals surface area contributed by atoms with E-state index in [0.29, 0.717) is 0 Å². The second kappa shape index (κ2) is 6.56. The van der Waals surface area contributed by atoms with E-state index in [2.05, 4.69) is 0 Å². The van der Waals surface area contributed by atoms with Crippen molar-refractivity contribution in [3.63, 3.8) is 0 Å². The van der Waals surface area contributed by atoms with Gasteiger partial charge in [0.15, 0.2) is 0 Å². The third kappa shape index (κ3) is 5.72. The molecule has 0 aliphatic rings. The van der Waals surface area contributed by atoms with Crippen LogP contribution < -0.4 is 0 Å². The van der Waals surface area contributed by atoms with Gasteiger partial charge in [0.1, 0.15) is 0 Å². The lowest BCUT2D eigenvalue weighted by Gasteiger charge is -2.19. The van der Waals surface area contributed by atoms with Gasteiger partial charge >= 0.3 is 0 Å². The zero-order chi connectivity index (χ0) is 11.1. The van der Waals surface area contributed by atoms with Crippen LogP contribution in [-0.2, 0) is 9.53 Å². The number of ether oxygens (including phenoxy) is 1. The number of amides is 1. The summed E-state index contributed by atoms with van der Waals surface area (Å²) in [6.07, 6.45) is 0.916. The maximum Gasteiger partial charge on any atom is 0.246 e. The highest BCUT2D eigenvalue weighted by molar-refractivity contribution is 5.87. The van der Waals surface area contributed by atoms with Crippen LogP contribution in [0.1, 0.15) is 13.8 Å². The first-order valence-electron chi connectivity index (χ1n) is 4.54. The van der Waals surface area contributed by atoms with E-state index in [9.17, 15) is 9.90 Å². The Bertz CT molecular complexity index is 209. The second-order valence-electron chi connectivity index (χ2n) is 3.55. The molecule has 0 aliphatic carbocycles. The Morgan fingerprint density at radius 3 is 2.57 bits per heavy atom. The van der Waals surface area contributed by atoms with Crippen molar-refractivity contribution in [1.82, 2.24) is 4.90 Å². The average molecular weight is 201 g/mol. The van der Waals surface area contributed by atoms with Crippen molar-refractivity contribution in [2.24, 2.45) is 0 Å². The first-order valence-corrected chi connectivity index (χ1v) is 4.54. The number of methoxy groups -OCH3 is 1. The normalized spacial score (nSPS) is 12.1. The summed E-state index contributed by atoms with van der Waals surface area (Å²) >= 11 is 0. The molecule has 0 radical (unpaired) electrons. The summed E-state index contributed by atoms with van der Waals surface area (Å²) in [4.78, 5) is 12.9. The Balaban J connectivity index is 4.01. The minimum atomic E-state index is -0.625. The van der Waals surface area contributed by atoms with Crippen LogP contribution in [0, 0.1) is 0 Å². The zero-order valence-corrected chi connectivity index (χ0v) is 9.28. The first kappa shape index (κ1) is 13.1. The number of aliphatic hydroxyl groups excluding tert-OH is 1. The molecule has 0 saturated carbocycles. The number of carbonyl (C=O) groups is 1. The molecule has 82 valence electrons. The predicted molar refractivity (Wildman–Crippen MR) is 55.0 cm³/mol. The van der Waals surface area contributed by atoms with E-state index in [1.54, 1.807) is 13.1 Å². The van der Waals surface area contributed by atoms with Crippen LogP contribution in [0.15, 0.2) is 11.6 Å². The lowest BCUT2D eigenvalue weighted by Crippen LogP contribution is -2.35. The van der Waals surface area contributed by atoms with Gasteiger partial charge in [-0.05, 0) is 13.8 Å². The van der Waals surface area contributed by atoms with Crippen molar-refractivity contribution in [2.75, 3.05) is 27.3 Å². The van der Waals surface area contributed by atoms with Crippen LogP contribution in [0.25, 0.3) is 0 Å². The molecule has 1 amide bonds. The summed E-state index contributed by atoms with van der Waals surface area (Å²) in [7, 11) is 3.17. The number of carbonyl (C=O) groups excluding carboxylic acids is 1. The maximum atomic E-state index is 11.4. The van der Waals surface area contributed by atoms with Crippen molar-refractivity contribution >= 4 is 5.91 Å². The number of aliphatic hydroxyl groups is 1. The molecule has 0 aliphatic heterocycles. The number of allylic oxidation sites excluding steroid dienone is 1. The fourth-order valence-electron chi connectivity index (χ4n) is 1.01. The number of likely N-dealkylation sites (N-methyl/N-ethyl adjacent to an activating group) is 1. The van der Waals surface area contributed by atoms with Gasteiger partial charge < -0.3 is 14.7 Å². The fourth-order valence-corrected chi connectivity index (χ4v) is 1.01. The summed E-state index contributed by atoms with van der Waals surface area (Å²) in [5.74, 6) is -0.0971. The van der Waals surface area contributed by atoms with Gasteiger partial charge in [-0.1, -0.05) is 5.57 Å². The minimum Gasteiger partial charge on any atom is -0.389 e. The van der Waals surface area contributed by atoms with E-state index in [0.717, 1.165) is 5.57 Å². The third-order valence-corrected chi connectivity index (χ3v) is 1.63. The van der Waals surface area contributed by atoms with Gasteiger partial charge in [-0.2, -0.15) is 0 Å². The molecule has 14 heavy (non-hydrogen) atoms. The Morgan fingerprint density at radius 1 is 1.57 bits per heavy atom. The smallest absolute Gasteiger partial charge is 0.246 e. The van der Waals surface area contributed by atoms with Gasteiger partial charge in [0, 0.05) is 26.8 Å². The molecule has 0 fully saturated rings. The third-order valence-electron chi connectivity index (χ3n) is 1.63. The summed E-state index contributed by atoms with van der Waals surface area (Å²) < 4.78 is 4.76. The van der Waals surface area contributed by atoms with Crippen LogP contribution in [-0.4, -0.2) is 49.3 Å². The van der Waals surface area contributed by atoms with Crippen LogP contribution in [0.5, 0.6) is 0 Å². The summed E-state index contributed by atoms with van der Waals surface area (Å²) in [6, 6.07) is 0. The highest BCUT2D eigenvalue weighted by Crippen LogP contribution is 1.96. The zero-order valence-electron chi connectivity index (χ0n) is 9.28. The molecule has 0 aromatic rings. The highest BCUT2D eigenvalue weighted by Gasteiger charge is 2.11. The van der Waals surface area contributed by atoms with Gasteiger partial charge in [-0.25, -0.2) is 0 Å². The van der Waals surface area contributed by atoms with Crippen molar-refractivity contribution in [1.29, 1.82) is 0 Å². The van der Waals surface area contributed by atoms with E-state index >= 15 is 0 Å². The summed E-state index contributed by atoms with van der Waals surface area (Å²) in [6.45, 7) is 4.25. The number of hydrogen-bond acceptors (Lipinski definition) is 3. The fraction of sp³-hybridized carbons (Fsp3) is 0.700. The molecule has 1 unspecified atom stereocenters. The van der Waals surface area contributed by atoms with Gasteiger partial charge in [-0.15, -0.1) is 0 Å². The standard InChI is InChI=1S/C10H19NO3/c1-8(2)5-10(13)11(3)6-9(12)7-14-4/h5,9,12H,6-7H2,1-4H3. The van der Waals surface area contributed by atoms with Crippen LogP contribution in [0.3, 0.4) is 0 Å². The molecule has 0 aromatic carbocycles. The van der Waals surface area contributed by atoms with Gasteiger partial charge in [0.05, 0.1) is 12.7 Å². The quantitative estimate of drug-likeness (QED) is 0.656. The highest BCUT2D eigenvalue weighted by atomic mass is 16.5. The predicted octanol–water partition coefficient (Wildman–Crippen LogP) is 0.418. The van der Waals surface area contributed by atoms with Gasteiger partial charge in [0.2, 0.25) is 5.91 Å². The van der Waals surface area contributed by atoms with E-state index in [-0.39, 0.29) is 19.1 Å². The van der Waals surface area contributed by atoms with Gasteiger partial charge in [-0.3, -0.25) is 4.79 Å². The summed E-state index contributed by atoms with van der Waals surface area (Å²) in [5.41, 5.74) is 0.947. The largest absolute Gasteiger partial charge is 0.389 e. The van der Waals surface area contributed by atoms with E-state index in [1.807, 2.05) is 13.8 Å². The van der Waals surface area contributed by atoms with Gasteiger partial charge in [0.25, 0.3) is 0 Å². The molecule has 0 spiro atoms. The Morgan fingerprint density at radius 2 is 2.14 bits per heavy atom.